The van der Waals surface area contributed by atoms with E-state index in [9.17, 15) is 4.79 Å². The van der Waals surface area contributed by atoms with Gasteiger partial charge < -0.3 is 10.3 Å². The van der Waals surface area contributed by atoms with Crippen LogP contribution in [0, 0.1) is 0 Å². The standard InChI is InChI=1S/C9H12ClN3O/c10-9-8(6(14)5-11)12-7-3-1-2-4-13(7)9/h1-5,11H2. The molecule has 4 nitrogen and oxygen atoms in total. The average molecular weight is 214 g/mol. The zero-order valence-electron chi connectivity index (χ0n) is 7.79. The van der Waals surface area contributed by atoms with Crippen molar-refractivity contribution < 1.29 is 4.79 Å². The molecule has 0 radical (unpaired) electrons. The van der Waals surface area contributed by atoms with E-state index < -0.39 is 0 Å². The number of Topliss-reactive ketones (excluding diaryl/α,β-unsaturated/α-hetero) is 1. The quantitative estimate of drug-likeness (QED) is 0.746. The summed E-state index contributed by atoms with van der Waals surface area (Å²) in [7, 11) is 0. The van der Waals surface area contributed by atoms with E-state index in [-0.39, 0.29) is 12.3 Å². The minimum atomic E-state index is -0.183. The predicted octanol–water partition coefficient (Wildman–Crippen LogP) is 1.01. The number of imidazole rings is 1. The van der Waals surface area contributed by atoms with Gasteiger partial charge in [-0.3, -0.25) is 4.79 Å². The van der Waals surface area contributed by atoms with Crippen LogP contribution in [0.1, 0.15) is 29.2 Å². The van der Waals surface area contributed by atoms with Gasteiger partial charge in [-0.25, -0.2) is 4.98 Å². The number of halogens is 1. The highest BCUT2D eigenvalue weighted by Crippen LogP contribution is 2.23. The molecule has 5 heteroatoms. The van der Waals surface area contributed by atoms with E-state index in [1.807, 2.05) is 4.57 Å². The molecule has 2 rings (SSSR count). The summed E-state index contributed by atoms with van der Waals surface area (Å²) in [6.07, 6.45) is 3.11. The highest BCUT2D eigenvalue weighted by molar-refractivity contribution is 6.32. The van der Waals surface area contributed by atoms with Gasteiger partial charge in [0.05, 0.1) is 6.54 Å². The number of nitrogens with zero attached hydrogens (tertiary/aromatic N) is 2. The molecule has 0 spiro atoms. The van der Waals surface area contributed by atoms with Gasteiger partial charge in [0.15, 0.2) is 5.78 Å². The van der Waals surface area contributed by atoms with Crippen molar-refractivity contribution in [3.8, 4) is 0 Å². The van der Waals surface area contributed by atoms with Crippen LogP contribution in [-0.2, 0) is 13.0 Å². The number of carbonyl (C=O) groups is 1. The van der Waals surface area contributed by atoms with E-state index >= 15 is 0 Å². The summed E-state index contributed by atoms with van der Waals surface area (Å²) in [6, 6.07) is 0. The van der Waals surface area contributed by atoms with Gasteiger partial charge in [-0.2, -0.15) is 0 Å². The zero-order valence-corrected chi connectivity index (χ0v) is 8.55. The summed E-state index contributed by atoms with van der Waals surface area (Å²) in [6.45, 7) is 0.829. The first-order valence-electron chi connectivity index (χ1n) is 4.72. The van der Waals surface area contributed by atoms with Gasteiger partial charge >= 0.3 is 0 Å². The first kappa shape index (κ1) is 9.68. The van der Waals surface area contributed by atoms with Crippen LogP contribution in [0.15, 0.2) is 0 Å². The molecular formula is C9H12ClN3O. The maximum absolute atomic E-state index is 11.4. The molecule has 0 saturated heterocycles. The van der Waals surface area contributed by atoms with Crippen LogP contribution < -0.4 is 5.73 Å². The number of aromatic nitrogens is 2. The molecule has 1 aromatic rings. The van der Waals surface area contributed by atoms with Crippen molar-refractivity contribution in [1.29, 1.82) is 0 Å². The first-order valence-corrected chi connectivity index (χ1v) is 5.10. The number of ketones is 1. The SMILES string of the molecule is NCC(=O)c1nc2n(c1Cl)CCCC2. The van der Waals surface area contributed by atoms with Gasteiger partial charge in [-0.15, -0.1) is 0 Å². The summed E-state index contributed by atoms with van der Waals surface area (Å²) < 4.78 is 1.91. The van der Waals surface area contributed by atoms with Crippen molar-refractivity contribution in [2.24, 2.45) is 5.73 Å². The molecule has 0 aliphatic carbocycles. The van der Waals surface area contributed by atoms with Gasteiger partial charge in [0.25, 0.3) is 0 Å². The lowest BCUT2D eigenvalue weighted by atomic mass is 10.2. The second-order valence-electron chi connectivity index (χ2n) is 3.40. The molecule has 2 heterocycles. The summed E-state index contributed by atoms with van der Waals surface area (Å²) in [5.74, 6) is 0.731. The summed E-state index contributed by atoms with van der Waals surface area (Å²) >= 11 is 6.04. The van der Waals surface area contributed by atoms with Gasteiger partial charge in [-0.1, -0.05) is 11.6 Å². The minimum Gasteiger partial charge on any atom is -0.324 e. The average Bonchev–Trinajstić information content (AvgIpc) is 2.56. The topological polar surface area (TPSA) is 60.9 Å². The van der Waals surface area contributed by atoms with Crippen molar-refractivity contribution in [2.75, 3.05) is 6.54 Å². The lowest BCUT2D eigenvalue weighted by molar-refractivity contribution is 0.0997. The number of hydrogen-bond donors (Lipinski definition) is 1. The molecule has 1 aliphatic heterocycles. The van der Waals surface area contributed by atoms with E-state index in [0.717, 1.165) is 31.6 Å². The first-order chi connectivity index (χ1) is 6.74. The molecule has 0 saturated carbocycles. The molecule has 0 bridgehead atoms. The van der Waals surface area contributed by atoms with Crippen LogP contribution in [0.25, 0.3) is 0 Å². The molecule has 0 fully saturated rings. The molecular weight excluding hydrogens is 202 g/mol. The Morgan fingerprint density at radius 2 is 2.36 bits per heavy atom. The maximum atomic E-state index is 11.4. The largest absolute Gasteiger partial charge is 0.324 e. The molecule has 1 aliphatic rings. The Morgan fingerprint density at radius 3 is 3.00 bits per heavy atom. The number of nitrogens with two attached hydrogens (primary N) is 1. The molecule has 0 amide bonds. The van der Waals surface area contributed by atoms with Crippen molar-refractivity contribution >= 4 is 17.4 Å². The van der Waals surface area contributed by atoms with Crippen molar-refractivity contribution in [2.45, 2.75) is 25.8 Å². The second kappa shape index (κ2) is 3.71. The smallest absolute Gasteiger partial charge is 0.197 e. The van der Waals surface area contributed by atoms with E-state index in [2.05, 4.69) is 4.98 Å². The number of carbonyl (C=O) groups excluding carboxylic acids is 1. The molecule has 76 valence electrons. The van der Waals surface area contributed by atoms with Gasteiger partial charge in [0, 0.05) is 13.0 Å². The fraction of sp³-hybridized carbons (Fsp3) is 0.556. The van der Waals surface area contributed by atoms with E-state index in [4.69, 9.17) is 17.3 Å². The van der Waals surface area contributed by atoms with Crippen LogP contribution in [0.4, 0.5) is 0 Å². The maximum Gasteiger partial charge on any atom is 0.197 e. The van der Waals surface area contributed by atoms with E-state index in [1.165, 1.54) is 0 Å². The predicted molar refractivity (Wildman–Crippen MR) is 53.6 cm³/mol. The van der Waals surface area contributed by atoms with E-state index in [0.29, 0.717) is 10.8 Å². The van der Waals surface area contributed by atoms with Gasteiger partial charge in [0.1, 0.15) is 16.7 Å². The van der Waals surface area contributed by atoms with E-state index in [1.54, 1.807) is 0 Å². The third kappa shape index (κ3) is 1.44. The van der Waals surface area contributed by atoms with Crippen molar-refractivity contribution in [1.82, 2.24) is 9.55 Å². The zero-order chi connectivity index (χ0) is 10.1. The van der Waals surface area contributed by atoms with Crippen LogP contribution in [0.5, 0.6) is 0 Å². The number of rotatable bonds is 2. The lowest BCUT2D eigenvalue weighted by Gasteiger charge is -2.13. The van der Waals surface area contributed by atoms with Crippen molar-refractivity contribution in [3.63, 3.8) is 0 Å². The fourth-order valence-electron chi connectivity index (χ4n) is 1.72. The molecule has 14 heavy (non-hydrogen) atoms. The fourth-order valence-corrected chi connectivity index (χ4v) is 2.05. The Morgan fingerprint density at radius 1 is 1.57 bits per heavy atom. The Balaban J connectivity index is 2.43. The van der Waals surface area contributed by atoms with Crippen LogP contribution in [-0.4, -0.2) is 21.9 Å². The third-order valence-electron chi connectivity index (χ3n) is 2.47. The summed E-state index contributed by atoms with van der Waals surface area (Å²) in [4.78, 5) is 15.6. The number of aryl methyl sites for hydroxylation is 1. The molecule has 1 aromatic heterocycles. The molecule has 0 aromatic carbocycles. The molecule has 0 atom stereocenters. The van der Waals surface area contributed by atoms with Crippen LogP contribution in [0.3, 0.4) is 0 Å². The highest BCUT2D eigenvalue weighted by atomic mass is 35.5. The molecule has 2 N–H and O–H groups in total. The third-order valence-corrected chi connectivity index (χ3v) is 2.85. The minimum absolute atomic E-state index is 0.0316. The number of fused-ring (bicyclic) bond motifs is 1. The Hall–Kier alpha value is -0.870. The van der Waals surface area contributed by atoms with Gasteiger partial charge in [0.2, 0.25) is 0 Å². The second-order valence-corrected chi connectivity index (χ2v) is 3.76. The Bertz CT molecular complexity index is 372. The lowest BCUT2D eigenvalue weighted by Crippen LogP contribution is -2.14. The summed E-state index contributed by atoms with van der Waals surface area (Å²) in [5.41, 5.74) is 5.61. The van der Waals surface area contributed by atoms with Crippen molar-refractivity contribution in [3.05, 3.63) is 16.7 Å². The van der Waals surface area contributed by atoms with Crippen LogP contribution in [0.2, 0.25) is 5.15 Å². The normalized spacial score (nSPS) is 15.3. The monoisotopic (exact) mass is 213 g/mol. The Labute approximate surface area is 87.1 Å². The van der Waals surface area contributed by atoms with Gasteiger partial charge in [-0.05, 0) is 12.8 Å². The summed E-state index contributed by atoms with van der Waals surface area (Å²) in [5, 5.41) is 0.454. The Kier molecular flexibility index (Phi) is 2.56. The molecule has 0 unspecified atom stereocenters. The highest BCUT2D eigenvalue weighted by Gasteiger charge is 2.21. The number of hydrogen-bond acceptors (Lipinski definition) is 3. The van der Waals surface area contributed by atoms with Crippen LogP contribution >= 0.6 is 11.6 Å².